The van der Waals surface area contributed by atoms with E-state index in [1.54, 1.807) is 23.0 Å². The van der Waals surface area contributed by atoms with Gasteiger partial charge < -0.3 is 4.42 Å². The molecule has 7 heteroatoms. The first-order chi connectivity index (χ1) is 13.2. The van der Waals surface area contributed by atoms with E-state index in [-0.39, 0.29) is 0 Å². The molecule has 0 aliphatic heterocycles. The van der Waals surface area contributed by atoms with E-state index < -0.39 is 0 Å². The Labute approximate surface area is 160 Å². The van der Waals surface area contributed by atoms with E-state index in [0.717, 1.165) is 11.1 Å². The van der Waals surface area contributed by atoms with Crippen LogP contribution in [0.5, 0.6) is 0 Å². The summed E-state index contributed by atoms with van der Waals surface area (Å²) in [6.07, 6.45) is 2.23. The van der Waals surface area contributed by atoms with Crippen LogP contribution in [0.1, 0.15) is 11.5 Å². The molecule has 0 saturated heterocycles. The molecule has 132 valence electrons. The fraction of sp³-hybridized carbons (Fsp3) is 0.100. The van der Waals surface area contributed by atoms with Crippen molar-refractivity contribution in [1.82, 2.24) is 20.0 Å². The van der Waals surface area contributed by atoms with Gasteiger partial charge in [-0.15, -0.1) is 10.2 Å². The van der Waals surface area contributed by atoms with E-state index in [9.17, 15) is 5.26 Å². The Bertz CT molecular complexity index is 1110. The molecule has 0 fully saturated rings. The van der Waals surface area contributed by atoms with Gasteiger partial charge in [-0.05, 0) is 24.3 Å². The highest BCUT2D eigenvalue weighted by Gasteiger charge is 2.13. The highest BCUT2D eigenvalue weighted by Crippen LogP contribution is 2.24. The van der Waals surface area contributed by atoms with Crippen LogP contribution < -0.4 is 0 Å². The molecule has 0 bridgehead atoms. The lowest BCUT2D eigenvalue weighted by molar-refractivity contribution is 0.475. The first-order valence-electron chi connectivity index (χ1n) is 8.34. The first-order valence-corrected chi connectivity index (χ1v) is 8.72. The highest BCUT2D eigenvalue weighted by molar-refractivity contribution is 6.30. The van der Waals surface area contributed by atoms with Crippen molar-refractivity contribution in [2.45, 2.75) is 13.0 Å². The van der Waals surface area contributed by atoms with Crippen LogP contribution in [0.15, 0.2) is 65.2 Å². The summed E-state index contributed by atoms with van der Waals surface area (Å²) in [5.74, 6) is 1.01. The van der Waals surface area contributed by atoms with Crippen molar-refractivity contribution in [2.24, 2.45) is 0 Å². The van der Waals surface area contributed by atoms with Gasteiger partial charge in [-0.1, -0.05) is 41.9 Å². The molecule has 0 N–H and O–H groups in total. The van der Waals surface area contributed by atoms with Gasteiger partial charge in [-0.2, -0.15) is 10.4 Å². The van der Waals surface area contributed by atoms with Crippen LogP contribution in [0.3, 0.4) is 0 Å². The molecule has 6 nitrogen and oxygen atoms in total. The molecule has 0 radical (unpaired) electrons. The number of hydrogen-bond acceptors (Lipinski definition) is 5. The van der Waals surface area contributed by atoms with Crippen LogP contribution in [-0.4, -0.2) is 20.0 Å². The molecule has 0 aliphatic rings. The van der Waals surface area contributed by atoms with Crippen molar-refractivity contribution in [2.75, 3.05) is 0 Å². The zero-order chi connectivity index (χ0) is 18.6. The van der Waals surface area contributed by atoms with E-state index in [0.29, 0.717) is 41.0 Å². The van der Waals surface area contributed by atoms with E-state index in [1.165, 1.54) is 0 Å². The van der Waals surface area contributed by atoms with E-state index in [4.69, 9.17) is 16.0 Å². The Morgan fingerprint density at radius 1 is 1.04 bits per heavy atom. The minimum absolute atomic E-state index is 0.489. The van der Waals surface area contributed by atoms with Crippen LogP contribution in [0, 0.1) is 11.3 Å². The molecule has 4 rings (SSSR count). The maximum Gasteiger partial charge on any atom is 0.247 e. The quantitative estimate of drug-likeness (QED) is 0.517. The summed E-state index contributed by atoms with van der Waals surface area (Å²) in [5.41, 5.74) is 2.79. The van der Waals surface area contributed by atoms with E-state index in [1.807, 2.05) is 42.5 Å². The van der Waals surface area contributed by atoms with Gasteiger partial charge in [0.2, 0.25) is 11.8 Å². The highest BCUT2D eigenvalue weighted by atomic mass is 35.5. The van der Waals surface area contributed by atoms with Gasteiger partial charge >= 0.3 is 0 Å². The summed E-state index contributed by atoms with van der Waals surface area (Å²) in [6.45, 7) is 0.520. The third-order valence-corrected chi connectivity index (χ3v) is 4.26. The van der Waals surface area contributed by atoms with Crippen molar-refractivity contribution in [3.8, 4) is 28.8 Å². The van der Waals surface area contributed by atoms with Crippen molar-refractivity contribution in [1.29, 1.82) is 5.26 Å². The van der Waals surface area contributed by atoms with Crippen LogP contribution in [0.4, 0.5) is 0 Å². The second-order valence-electron chi connectivity index (χ2n) is 5.89. The number of nitrogens with zero attached hydrogens (tertiary/aromatic N) is 5. The van der Waals surface area contributed by atoms with Crippen LogP contribution >= 0.6 is 11.6 Å². The smallest absolute Gasteiger partial charge is 0.247 e. The van der Waals surface area contributed by atoms with E-state index >= 15 is 0 Å². The Morgan fingerprint density at radius 2 is 1.85 bits per heavy atom. The Hall–Kier alpha value is -3.43. The summed E-state index contributed by atoms with van der Waals surface area (Å²) in [6, 6.07) is 19.1. The summed E-state index contributed by atoms with van der Waals surface area (Å²) in [4.78, 5) is 0. The number of aryl methyl sites for hydroxylation is 2. The third-order valence-electron chi connectivity index (χ3n) is 4.02. The fourth-order valence-electron chi connectivity index (χ4n) is 2.73. The maximum atomic E-state index is 9.40. The summed E-state index contributed by atoms with van der Waals surface area (Å²) >= 11 is 6.05. The van der Waals surface area contributed by atoms with Crippen molar-refractivity contribution >= 4 is 11.6 Å². The van der Waals surface area contributed by atoms with Gasteiger partial charge in [0, 0.05) is 35.3 Å². The number of hydrogen-bond donors (Lipinski definition) is 0. The maximum absolute atomic E-state index is 9.40. The largest absolute Gasteiger partial charge is 0.421 e. The zero-order valence-electron chi connectivity index (χ0n) is 14.2. The summed E-state index contributed by atoms with van der Waals surface area (Å²) in [7, 11) is 0. The van der Waals surface area contributed by atoms with Gasteiger partial charge in [-0.25, -0.2) is 0 Å². The lowest BCUT2D eigenvalue weighted by Crippen LogP contribution is -2.02. The van der Waals surface area contributed by atoms with Gasteiger partial charge in [-0.3, -0.25) is 4.68 Å². The number of halogens is 1. The Kier molecular flexibility index (Phi) is 4.69. The van der Waals surface area contributed by atoms with Crippen molar-refractivity contribution < 1.29 is 4.42 Å². The lowest BCUT2D eigenvalue weighted by Gasteiger charge is -1.99. The van der Waals surface area contributed by atoms with Gasteiger partial charge in [0.1, 0.15) is 11.8 Å². The van der Waals surface area contributed by atoms with Crippen molar-refractivity contribution in [3.05, 3.63) is 77.3 Å². The molecule has 27 heavy (non-hydrogen) atoms. The summed E-state index contributed by atoms with van der Waals surface area (Å²) in [5, 5.41) is 22.7. The second-order valence-corrected chi connectivity index (χ2v) is 6.33. The molecule has 0 spiro atoms. The molecule has 2 aromatic heterocycles. The molecule has 0 amide bonds. The van der Waals surface area contributed by atoms with Crippen LogP contribution in [0.25, 0.3) is 22.7 Å². The number of benzene rings is 2. The molecule has 0 aliphatic carbocycles. The number of nitriles is 1. The molecule has 0 atom stereocenters. The molecule has 0 unspecified atom stereocenters. The molecule has 0 saturated carbocycles. The fourth-order valence-corrected chi connectivity index (χ4v) is 2.92. The molecular weight excluding hydrogens is 362 g/mol. The van der Waals surface area contributed by atoms with Crippen LogP contribution in [0.2, 0.25) is 5.02 Å². The Morgan fingerprint density at radius 3 is 2.63 bits per heavy atom. The molecule has 2 heterocycles. The minimum atomic E-state index is 0.489. The lowest BCUT2D eigenvalue weighted by atomic mass is 10.1. The van der Waals surface area contributed by atoms with Gasteiger partial charge in [0.05, 0.1) is 5.56 Å². The van der Waals surface area contributed by atoms with E-state index in [2.05, 4.69) is 21.4 Å². The van der Waals surface area contributed by atoms with Crippen molar-refractivity contribution in [3.63, 3.8) is 0 Å². The monoisotopic (exact) mass is 375 g/mol. The second kappa shape index (κ2) is 7.44. The van der Waals surface area contributed by atoms with Crippen LogP contribution in [-0.2, 0) is 13.0 Å². The average Bonchev–Trinajstić information content (AvgIpc) is 3.34. The predicted molar refractivity (Wildman–Crippen MR) is 101 cm³/mol. The topological polar surface area (TPSA) is 80.5 Å². The Balaban J connectivity index is 1.51. The standard InChI is InChI=1S/C20H14ClN5O/c21-17-8-4-7-15(11-17)19-16(12-22)13-26(25-19)10-9-18-23-24-20(27-18)14-5-2-1-3-6-14/h1-8,11,13H,9-10H2. The number of rotatable bonds is 5. The first kappa shape index (κ1) is 17.0. The number of aromatic nitrogens is 4. The minimum Gasteiger partial charge on any atom is -0.421 e. The zero-order valence-corrected chi connectivity index (χ0v) is 15.0. The van der Waals surface area contributed by atoms with Gasteiger partial charge in [0.15, 0.2) is 0 Å². The SMILES string of the molecule is N#Cc1cn(CCc2nnc(-c3ccccc3)o2)nc1-c1cccc(Cl)c1. The molecule has 2 aromatic carbocycles. The third kappa shape index (κ3) is 3.73. The average molecular weight is 376 g/mol. The van der Waals surface area contributed by atoms with Gasteiger partial charge in [0.25, 0.3) is 0 Å². The molecule has 4 aromatic rings. The molecular formula is C20H14ClN5O. The summed E-state index contributed by atoms with van der Waals surface area (Å²) < 4.78 is 7.42. The normalized spacial score (nSPS) is 10.7. The predicted octanol–water partition coefficient (Wildman–Crippen LogP) is 4.37.